The van der Waals surface area contributed by atoms with Crippen LogP contribution in [0.2, 0.25) is 0 Å². The minimum Gasteiger partial charge on any atom is -0.454 e. The third-order valence-corrected chi connectivity index (χ3v) is 6.08. The maximum Gasteiger partial charge on any atom is 0.253 e. The highest BCUT2D eigenvalue weighted by molar-refractivity contribution is 6.03. The second kappa shape index (κ2) is 7.56. The van der Waals surface area contributed by atoms with E-state index in [4.69, 9.17) is 9.47 Å². The van der Waals surface area contributed by atoms with Gasteiger partial charge in [0.05, 0.1) is 0 Å². The molecule has 0 aliphatic carbocycles. The van der Waals surface area contributed by atoms with Crippen LogP contribution in [0.1, 0.15) is 10.4 Å². The van der Waals surface area contributed by atoms with Crippen LogP contribution in [0.3, 0.4) is 0 Å². The summed E-state index contributed by atoms with van der Waals surface area (Å²) in [6, 6.07) is 18.1. The Kier molecular flexibility index (Phi) is 4.41. The Bertz CT molecular complexity index is 1300. The molecule has 1 N–H and O–H groups in total. The van der Waals surface area contributed by atoms with Crippen molar-refractivity contribution in [3.63, 3.8) is 0 Å². The molecule has 0 bridgehead atoms. The lowest BCUT2D eigenvalue weighted by Crippen LogP contribution is -2.49. The van der Waals surface area contributed by atoms with Crippen LogP contribution in [-0.4, -0.2) is 59.0 Å². The Morgan fingerprint density at radius 1 is 0.938 bits per heavy atom. The molecule has 2 aliphatic heterocycles. The number of hydrogen-bond donors (Lipinski definition) is 1. The van der Waals surface area contributed by atoms with E-state index in [2.05, 4.69) is 26.1 Å². The quantitative estimate of drug-likeness (QED) is 0.540. The van der Waals surface area contributed by atoms with Gasteiger partial charge in [0.15, 0.2) is 11.5 Å². The molecule has 6 rings (SSSR count). The van der Waals surface area contributed by atoms with E-state index in [1.807, 2.05) is 53.4 Å². The number of fused-ring (bicyclic) bond motifs is 2. The van der Waals surface area contributed by atoms with Crippen LogP contribution in [0, 0.1) is 0 Å². The van der Waals surface area contributed by atoms with E-state index in [9.17, 15) is 4.79 Å². The first-order chi connectivity index (χ1) is 15.8. The molecule has 8 heteroatoms. The topological polar surface area (TPSA) is 83.6 Å². The summed E-state index contributed by atoms with van der Waals surface area (Å²) in [6.07, 6.45) is 1.50. The highest BCUT2D eigenvalue weighted by Crippen LogP contribution is 2.38. The zero-order chi connectivity index (χ0) is 21.5. The third kappa shape index (κ3) is 3.20. The van der Waals surface area contributed by atoms with Gasteiger partial charge in [-0.2, -0.15) is 10.1 Å². The molecule has 3 aromatic carbocycles. The van der Waals surface area contributed by atoms with Crippen LogP contribution in [-0.2, 0) is 0 Å². The molecule has 160 valence electrons. The van der Waals surface area contributed by atoms with Crippen LogP contribution < -0.4 is 14.4 Å². The lowest BCUT2D eigenvalue weighted by atomic mass is 9.96. The second-order valence-electron chi connectivity index (χ2n) is 7.90. The van der Waals surface area contributed by atoms with E-state index >= 15 is 0 Å². The predicted octanol–water partition coefficient (Wildman–Crippen LogP) is 3.32. The molecule has 0 atom stereocenters. The highest BCUT2D eigenvalue weighted by Gasteiger charge is 2.24. The van der Waals surface area contributed by atoms with Crippen LogP contribution in [0.4, 0.5) is 5.95 Å². The number of aromatic amines is 1. The van der Waals surface area contributed by atoms with Gasteiger partial charge in [-0.15, -0.1) is 0 Å². The van der Waals surface area contributed by atoms with E-state index in [1.54, 1.807) is 0 Å². The van der Waals surface area contributed by atoms with Crippen LogP contribution in [0.25, 0.3) is 21.9 Å². The SMILES string of the molecule is O=C(c1ccc2c(-c3ccc4c(c3)OCO4)cccc2c1)N1CCN(c2ncn[nH]2)CC1. The maximum atomic E-state index is 13.2. The average molecular weight is 427 g/mol. The van der Waals surface area contributed by atoms with E-state index in [0.717, 1.165) is 52.4 Å². The average Bonchev–Trinajstić information content (AvgIpc) is 3.55. The molecule has 1 aromatic heterocycles. The predicted molar refractivity (Wildman–Crippen MR) is 120 cm³/mol. The number of anilines is 1. The number of benzene rings is 3. The van der Waals surface area contributed by atoms with Crippen molar-refractivity contribution in [2.75, 3.05) is 37.9 Å². The summed E-state index contributed by atoms with van der Waals surface area (Å²) >= 11 is 0. The first-order valence-electron chi connectivity index (χ1n) is 10.6. The standard InChI is InChI=1S/C24H21N5O3/c30-23(28-8-10-29(11-9-28)24-25-14-26-27-24)18-4-6-20-16(12-18)2-1-3-19(20)17-5-7-21-22(13-17)32-15-31-21/h1-7,12-14H,8-11,15H2,(H,25,26,27). The number of nitrogens with one attached hydrogen (secondary N) is 1. The number of rotatable bonds is 3. The van der Waals surface area contributed by atoms with Gasteiger partial charge in [-0.25, -0.2) is 5.10 Å². The molecule has 0 unspecified atom stereocenters. The van der Waals surface area contributed by atoms with Crippen LogP contribution in [0.5, 0.6) is 11.5 Å². The first-order valence-corrected chi connectivity index (χ1v) is 10.6. The highest BCUT2D eigenvalue weighted by atomic mass is 16.7. The molecule has 32 heavy (non-hydrogen) atoms. The molecule has 1 saturated heterocycles. The van der Waals surface area contributed by atoms with E-state index in [1.165, 1.54) is 6.33 Å². The van der Waals surface area contributed by atoms with Crippen molar-refractivity contribution in [3.8, 4) is 22.6 Å². The lowest BCUT2D eigenvalue weighted by molar-refractivity contribution is 0.0746. The van der Waals surface area contributed by atoms with Crippen molar-refractivity contribution in [2.45, 2.75) is 0 Å². The van der Waals surface area contributed by atoms with Gasteiger partial charge in [-0.05, 0) is 46.2 Å². The molecule has 8 nitrogen and oxygen atoms in total. The second-order valence-corrected chi connectivity index (χ2v) is 7.90. The van der Waals surface area contributed by atoms with Gasteiger partial charge in [0.1, 0.15) is 6.33 Å². The first kappa shape index (κ1) is 18.7. The Morgan fingerprint density at radius 2 is 1.81 bits per heavy atom. The third-order valence-electron chi connectivity index (χ3n) is 6.08. The summed E-state index contributed by atoms with van der Waals surface area (Å²) < 4.78 is 11.0. The molecule has 2 aliphatic rings. The molecule has 1 amide bonds. The number of carbonyl (C=O) groups is 1. The number of amides is 1. The fourth-order valence-electron chi connectivity index (χ4n) is 4.39. The molecular weight excluding hydrogens is 406 g/mol. The summed E-state index contributed by atoms with van der Waals surface area (Å²) in [5.74, 6) is 2.33. The monoisotopic (exact) mass is 427 g/mol. The van der Waals surface area contributed by atoms with Gasteiger partial charge in [-0.1, -0.05) is 30.3 Å². The van der Waals surface area contributed by atoms with Gasteiger partial charge in [0.25, 0.3) is 5.91 Å². The van der Waals surface area contributed by atoms with Crippen molar-refractivity contribution < 1.29 is 14.3 Å². The van der Waals surface area contributed by atoms with Gasteiger partial charge in [-0.3, -0.25) is 4.79 Å². The molecular formula is C24H21N5O3. The maximum absolute atomic E-state index is 13.2. The minimum atomic E-state index is 0.0533. The number of hydrogen-bond acceptors (Lipinski definition) is 6. The van der Waals surface area contributed by atoms with E-state index < -0.39 is 0 Å². The fourth-order valence-corrected chi connectivity index (χ4v) is 4.39. The van der Waals surface area contributed by atoms with Crippen molar-refractivity contribution in [1.82, 2.24) is 20.1 Å². The summed E-state index contributed by atoms with van der Waals surface area (Å²) in [7, 11) is 0. The van der Waals surface area contributed by atoms with Crippen molar-refractivity contribution >= 4 is 22.6 Å². The van der Waals surface area contributed by atoms with Gasteiger partial charge < -0.3 is 19.3 Å². The van der Waals surface area contributed by atoms with Crippen LogP contribution in [0.15, 0.2) is 60.9 Å². The van der Waals surface area contributed by atoms with E-state index in [-0.39, 0.29) is 12.7 Å². The molecule has 3 heterocycles. The largest absolute Gasteiger partial charge is 0.454 e. The Morgan fingerprint density at radius 3 is 2.66 bits per heavy atom. The Hall–Kier alpha value is -4.07. The van der Waals surface area contributed by atoms with Gasteiger partial charge in [0.2, 0.25) is 12.7 Å². The summed E-state index contributed by atoms with van der Waals surface area (Å²) in [6.45, 7) is 3.00. The number of H-pyrrole nitrogens is 1. The zero-order valence-electron chi connectivity index (χ0n) is 17.3. The van der Waals surface area contributed by atoms with Crippen molar-refractivity contribution in [1.29, 1.82) is 0 Å². The normalized spacial score (nSPS) is 15.4. The zero-order valence-corrected chi connectivity index (χ0v) is 17.3. The molecule has 0 radical (unpaired) electrons. The molecule has 0 spiro atoms. The Labute approximate surface area is 184 Å². The van der Waals surface area contributed by atoms with Crippen LogP contribution >= 0.6 is 0 Å². The number of aromatic nitrogens is 3. The number of piperazine rings is 1. The number of ether oxygens (including phenoxy) is 2. The van der Waals surface area contributed by atoms with E-state index in [0.29, 0.717) is 18.7 Å². The van der Waals surface area contributed by atoms with Gasteiger partial charge in [0, 0.05) is 31.7 Å². The number of carbonyl (C=O) groups excluding carboxylic acids is 1. The smallest absolute Gasteiger partial charge is 0.253 e. The molecule has 4 aromatic rings. The van der Waals surface area contributed by atoms with Crippen molar-refractivity contribution in [2.24, 2.45) is 0 Å². The van der Waals surface area contributed by atoms with Crippen molar-refractivity contribution in [3.05, 3.63) is 66.5 Å². The Balaban J connectivity index is 1.25. The van der Waals surface area contributed by atoms with Gasteiger partial charge >= 0.3 is 0 Å². The summed E-state index contributed by atoms with van der Waals surface area (Å²) in [5.41, 5.74) is 2.86. The number of nitrogens with zero attached hydrogens (tertiary/aromatic N) is 4. The fraction of sp³-hybridized carbons (Fsp3) is 0.208. The summed E-state index contributed by atoms with van der Waals surface area (Å²) in [5, 5.41) is 8.91. The minimum absolute atomic E-state index is 0.0533. The summed E-state index contributed by atoms with van der Waals surface area (Å²) in [4.78, 5) is 21.4. The lowest BCUT2D eigenvalue weighted by Gasteiger charge is -2.34. The molecule has 0 saturated carbocycles. The molecule has 1 fully saturated rings.